The molecule has 5 heteroatoms. The fourth-order valence-electron chi connectivity index (χ4n) is 2.24. The normalized spacial score (nSPS) is 25.4. The first-order valence-electron chi connectivity index (χ1n) is 5.84. The van der Waals surface area contributed by atoms with Gasteiger partial charge in [-0.05, 0) is 12.8 Å². The molecule has 1 aromatic rings. The molecule has 1 saturated heterocycles. The largest absolute Gasteiger partial charge is 0.348 e. The van der Waals surface area contributed by atoms with Crippen LogP contribution in [0.3, 0.4) is 0 Å². The van der Waals surface area contributed by atoms with Crippen LogP contribution in [0.15, 0.2) is 12.4 Å². The third-order valence-electron chi connectivity index (χ3n) is 3.26. The van der Waals surface area contributed by atoms with Gasteiger partial charge in [-0.3, -0.25) is 4.79 Å². The van der Waals surface area contributed by atoms with Gasteiger partial charge in [0, 0.05) is 37.4 Å². The molecule has 0 aromatic carbocycles. The average Bonchev–Trinajstić information content (AvgIpc) is 2.85. The molecule has 0 radical (unpaired) electrons. The Morgan fingerprint density at radius 2 is 2.44 bits per heavy atom. The molecule has 1 aliphatic heterocycles. The molecular formula is C11H16N4O. The van der Waals surface area contributed by atoms with E-state index < -0.39 is 0 Å². The number of hydrogen-bond acceptors (Lipinski definition) is 3. The van der Waals surface area contributed by atoms with Crippen molar-refractivity contribution in [3.05, 3.63) is 18.2 Å². The Labute approximate surface area is 94.2 Å². The fraction of sp³-hybridized carbons (Fsp3) is 0.636. The number of likely N-dealkylation sites (tertiary alicyclic amines) is 1. The molecule has 1 aromatic heterocycles. The number of nitrogens with one attached hydrogen (secondary N) is 2. The van der Waals surface area contributed by atoms with Crippen LogP contribution in [-0.4, -0.2) is 39.4 Å². The standard InChI is InChI=1S/C11H16N4O/c16-11-5-8(7-15(11)9-1-2-9)14-6-10-12-3-4-13-10/h3-4,8-9,14H,1-2,5-7H2,(H,12,13). The summed E-state index contributed by atoms with van der Waals surface area (Å²) in [7, 11) is 0. The van der Waals surface area contributed by atoms with Gasteiger partial charge in [0.25, 0.3) is 0 Å². The molecule has 1 unspecified atom stereocenters. The summed E-state index contributed by atoms with van der Waals surface area (Å²) in [5.41, 5.74) is 0. The Kier molecular flexibility index (Phi) is 2.40. The van der Waals surface area contributed by atoms with Crippen molar-refractivity contribution in [3.8, 4) is 0 Å². The number of aromatic nitrogens is 2. The SMILES string of the molecule is O=C1CC(NCc2ncc[nH]2)CN1C1CC1. The molecule has 0 spiro atoms. The van der Waals surface area contributed by atoms with Crippen LogP contribution in [0.1, 0.15) is 25.1 Å². The van der Waals surface area contributed by atoms with E-state index in [9.17, 15) is 4.79 Å². The van der Waals surface area contributed by atoms with E-state index in [1.54, 1.807) is 6.20 Å². The first kappa shape index (κ1) is 9.84. The summed E-state index contributed by atoms with van der Waals surface area (Å²) >= 11 is 0. The van der Waals surface area contributed by atoms with Crippen molar-refractivity contribution in [1.82, 2.24) is 20.2 Å². The molecule has 1 saturated carbocycles. The highest BCUT2D eigenvalue weighted by Crippen LogP contribution is 2.30. The van der Waals surface area contributed by atoms with E-state index in [1.165, 1.54) is 12.8 Å². The molecule has 1 atom stereocenters. The van der Waals surface area contributed by atoms with Crippen LogP contribution < -0.4 is 5.32 Å². The zero-order chi connectivity index (χ0) is 11.0. The second-order valence-electron chi connectivity index (χ2n) is 4.60. The topological polar surface area (TPSA) is 61.0 Å². The van der Waals surface area contributed by atoms with Crippen LogP contribution in [0.4, 0.5) is 0 Å². The number of aromatic amines is 1. The van der Waals surface area contributed by atoms with Gasteiger partial charge in [0.2, 0.25) is 5.91 Å². The predicted molar refractivity (Wildman–Crippen MR) is 58.6 cm³/mol. The average molecular weight is 220 g/mol. The fourth-order valence-corrected chi connectivity index (χ4v) is 2.24. The van der Waals surface area contributed by atoms with E-state index in [-0.39, 0.29) is 0 Å². The Balaban J connectivity index is 1.51. The van der Waals surface area contributed by atoms with Crippen LogP contribution in [0.25, 0.3) is 0 Å². The molecule has 16 heavy (non-hydrogen) atoms. The minimum absolute atomic E-state index is 0.290. The van der Waals surface area contributed by atoms with E-state index in [0.717, 1.165) is 12.4 Å². The highest BCUT2D eigenvalue weighted by molar-refractivity contribution is 5.80. The third-order valence-corrected chi connectivity index (χ3v) is 3.26. The Hall–Kier alpha value is -1.36. The first-order chi connectivity index (χ1) is 7.83. The van der Waals surface area contributed by atoms with Crippen LogP contribution >= 0.6 is 0 Å². The van der Waals surface area contributed by atoms with Crippen LogP contribution in [0, 0.1) is 0 Å². The van der Waals surface area contributed by atoms with Crippen molar-refractivity contribution in [3.63, 3.8) is 0 Å². The quantitative estimate of drug-likeness (QED) is 0.765. The van der Waals surface area contributed by atoms with Crippen molar-refractivity contribution in [2.45, 2.75) is 37.9 Å². The highest BCUT2D eigenvalue weighted by atomic mass is 16.2. The molecule has 86 valence electrons. The zero-order valence-electron chi connectivity index (χ0n) is 9.15. The maximum Gasteiger partial charge on any atom is 0.224 e. The lowest BCUT2D eigenvalue weighted by Gasteiger charge is -2.15. The monoisotopic (exact) mass is 220 g/mol. The first-order valence-corrected chi connectivity index (χ1v) is 5.84. The van der Waals surface area contributed by atoms with Crippen molar-refractivity contribution < 1.29 is 4.79 Å². The van der Waals surface area contributed by atoms with E-state index in [4.69, 9.17) is 0 Å². The van der Waals surface area contributed by atoms with Gasteiger partial charge in [-0.25, -0.2) is 4.98 Å². The van der Waals surface area contributed by atoms with Crippen molar-refractivity contribution in [2.75, 3.05) is 6.54 Å². The summed E-state index contributed by atoms with van der Waals surface area (Å²) in [4.78, 5) is 20.9. The summed E-state index contributed by atoms with van der Waals surface area (Å²) in [6, 6.07) is 0.834. The zero-order valence-corrected chi connectivity index (χ0v) is 9.15. The summed E-state index contributed by atoms with van der Waals surface area (Å²) in [5.74, 6) is 1.23. The Morgan fingerprint density at radius 3 is 3.12 bits per heavy atom. The molecule has 2 heterocycles. The predicted octanol–water partition coefficient (Wildman–Crippen LogP) is 0.263. The van der Waals surface area contributed by atoms with Gasteiger partial charge in [-0.2, -0.15) is 0 Å². The number of hydrogen-bond donors (Lipinski definition) is 2. The summed E-state index contributed by atoms with van der Waals surface area (Å²) < 4.78 is 0. The van der Waals surface area contributed by atoms with Crippen molar-refractivity contribution >= 4 is 5.91 Å². The van der Waals surface area contributed by atoms with Gasteiger partial charge in [-0.15, -0.1) is 0 Å². The maximum absolute atomic E-state index is 11.7. The lowest BCUT2D eigenvalue weighted by atomic mass is 10.2. The van der Waals surface area contributed by atoms with Gasteiger partial charge in [0.05, 0.1) is 6.54 Å². The molecule has 0 bridgehead atoms. The van der Waals surface area contributed by atoms with E-state index in [0.29, 0.717) is 31.0 Å². The highest BCUT2D eigenvalue weighted by Gasteiger charge is 2.38. The molecule has 2 aliphatic rings. The van der Waals surface area contributed by atoms with E-state index in [2.05, 4.69) is 15.3 Å². The summed E-state index contributed by atoms with van der Waals surface area (Å²) in [6.07, 6.45) is 6.57. The van der Waals surface area contributed by atoms with Gasteiger partial charge in [0.15, 0.2) is 0 Å². The molecule has 2 fully saturated rings. The molecule has 1 amide bonds. The number of rotatable bonds is 4. The van der Waals surface area contributed by atoms with Gasteiger partial charge in [-0.1, -0.05) is 0 Å². The van der Waals surface area contributed by atoms with Crippen LogP contribution in [0.2, 0.25) is 0 Å². The number of H-pyrrole nitrogens is 1. The molecular weight excluding hydrogens is 204 g/mol. The van der Waals surface area contributed by atoms with Gasteiger partial charge >= 0.3 is 0 Å². The number of carbonyl (C=O) groups is 1. The smallest absolute Gasteiger partial charge is 0.224 e. The number of carbonyl (C=O) groups excluding carboxylic acids is 1. The molecule has 2 N–H and O–H groups in total. The van der Waals surface area contributed by atoms with Crippen molar-refractivity contribution in [1.29, 1.82) is 0 Å². The third kappa shape index (κ3) is 1.95. The van der Waals surface area contributed by atoms with Crippen LogP contribution in [0.5, 0.6) is 0 Å². The summed E-state index contributed by atoms with van der Waals surface area (Å²) in [6.45, 7) is 1.58. The Bertz CT molecular complexity index is 371. The van der Waals surface area contributed by atoms with Crippen LogP contribution in [-0.2, 0) is 11.3 Å². The van der Waals surface area contributed by atoms with Gasteiger partial charge < -0.3 is 15.2 Å². The number of nitrogens with zero attached hydrogens (tertiary/aromatic N) is 2. The lowest BCUT2D eigenvalue weighted by molar-refractivity contribution is -0.128. The second-order valence-corrected chi connectivity index (χ2v) is 4.60. The number of amides is 1. The minimum Gasteiger partial charge on any atom is -0.348 e. The van der Waals surface area contributed by atoms with E-state index in [1.807, 2.05) is 11.1 Å². The molecule has 5 nitrogen and oxygen atoms in total. The lowest BCUT2D eigenvalue weighted by Crippen LogP contribution is -2.33. The number of imidazole rings is 1. The Morgan fingerprint density at radius 1 is 1.56 bits per heavy atom. The van der Waals surface area contributed by atoms with Gasteiger partial charge in [0.1, 0.15) is 5.82 Å². The molecule has 1 aliphatic carbocycles. The molecule has 3 rings (SSSR count). The van der Waals surface area contributed by atoms with Crippen molar-refractivity contribution in [2.24, 2.45) is 0 Å². The second kappa shape index (κ2) is 3.90. The maximum atomic E-state index is 11.7. The van der Waals surface area contributed by atoms with E-state index >= 15 is 0 Å². The minimum atomic E-state index is 0.290. The summed E-state index contributed by atoms with van der Waals surface area (Å²) in [5, 5.41) is 3.37.